The zero-order valence-electron chi connectivity index (χ0n) is 26.2. The van der Waals surface area contributed by atoms with Crippen molar-refractivity contribution >= 4 is 17.4 Å². The van der Waals surface area contributed by atoms with Crippen LogP contribution in [-0.4, -0.2) is 96.3 Å². The van der Waals surface area contributed by atoms with Gasteiger partial charge in [-0.15, -0.1) is 0 Å². The monoisotopic (exact) mass is 620 g/mol. The van der Waals surface area contributed by atoms with E-state index in [1.54, 1.807) is 0 Å². The second-order valence-electron chi connectivity index (χ2n) is 13.8. The maximum absolute atomic E-state index is 14.7. The van der Waals surface area contributed by atoms with E-state index in [1.807, 2.05) is 11.1 Å². The van der Waals surface area contributed by atoms with Crippen molar-refractivity contribution < 1.29 is 23.0 Å². The molecule has 1 unspecified atom stereocenters. The average molecular weight is 621 g/mol. The Balaban J connectivity index is 1.06. The first kappa shape index (κ1) is 29.3. The molecule has 0 N–H and O–H groups in total. The molecule has 2 spiro atoms. The SMILES string of the molecule is C=CC(=O)N1CCN(C2CN3c4cc(N5CC[C@]6(C[C@H]5C)OC5(COC5)c5nccc(C)c56)nc(C(F)F)c4CCC[C@@H]23)CC1. The standard InChI is InChI=1S/C34H42F2N6O3/c1-4-28(43)40-14-12-39(13-15-40)26-18-42-24(26)7-5-6-23-25(42)16-27(38-30(23)32(35)36)41-11-9-33(17-22(41)3)29-21(2)8-10-37-31(29)34(45-33)19-44-20-34/h4,8,10,16,22,24,26,32H,1,5-7,9,11-15,17-20H2,2-3H3/t22-,24+,26?,33-/m1/s1. The second-order valence-corrected chi connectivity index (χ2v) is 13.8. The molecular weight excluding hydrogens is 578 g/mol. The lowest BCUT2D eigenvalue weighted by molar-refractivity contribution is -0.262. The van der Waals surface area contributed by atoms with Gasteiger partial charge in [-0.25, -0.2) is 13.8 Å². The molecule has 8 rings (SSSR count). The summed E-state index contributed by atoms with van der Waals surface area (Å²) in [6.07, 6.45) is 4.51. The first-order chi connectivity index (χ1) is 21.7. The largest absolute Gasteiger partial charge is 0.374 e. The Morgan fingerprint density at radius 2 is 1.93 bits per heavy atom. The highest BCUT2D eigenvalue weighted by atomic mass is 19.3. The number of aromatic nitrogens is 2. The summed E-state index contributed by atoms with van der Waals surface area (Å²) in [5, 5.41) is 0. The van der Waals surface area contributed by atoms with Gasteiger partial charge in [-0.3, -0.25) is 14.7 Å². The molecule has 0 aliphatic carbocycles. The van der Waals surface area contributed by atoms with Gasteiger partial charge in [-0.05, 0) is 57.2 Å². The van der Waals surface area contributed by atoms with Gasteiger partial charge in [-0.1, -0.05) is 6.58 Å². The first-order valence-electron chi connectivity index (χ1n) is 16.5. The summed E-state index contributed by atoms with van der Waals surface area (Å²) < 4.78 is 41.9. The number of hydrogen-bond acceptors (Lipinski definition) is 8. The number of ether oxygens (including phenoxy) is 2. The van der Waals surface area contributed by atoms with E-state index < -0.39 is 17.6 Å². The Morgan fingerprint density at radius 1 is 1.13 bits per heavy atom. The molecule has 8 heterocycles. The molecular formula is C34H42F2N6O3. The van der Waals surface area contributed by atoms with Gasteiger partial charge in [0.2, 0.25) is 5.91 Å². The number of carbonyl (C=O) groups excluding carboxylic acids is 1. The normalized spacial score (nSPS) is 30.4. The number of alkyl halides is 2. The molecule has 11 heteroatoms. The molecule has 0 saturated carbocycles. The van der Waals surface area contributed by atoms with Gasteiger partial charge in [0.15, 0.2) is 5.60 Å². The fourth-order valence-corrected chi connectivity index (χ4v) is 9.11. The van der Waals surface area contributed by atoms with Crippen molar-refractivity contribution in [2.75, 3.05) is 62.3 Å². The quantitative estimate of drug-likeness (QED) is 0.474. The number of aryl methyl sites for hydroxylation is 1. The number of hydrogen-bond donors (Lipinski definition) is 0. The maximum Gasteiger partial charge on any atom is 0.280 e. The van der Waals surface area contributed by atoms with Crippen molar-refractivity contribution in [1.29, 1.82) is 0 Å². The number of piperidine rings is 1. The Labute approximate surface area is 263 Å². The first-order valence-corrected chi connectivity index (χ1v) is 16.5. The van der Waals surface area contributed by atoms with Crippen LogP contribution in [-0.2, 0) is 31.9 Å². The van der Waals surface area contributed by atoms with Crippen LogP contribution >= 0.6 is 0 Å². The van der Waals surface area contributed by atoms with E-state index in [1.165, 1.54) is 17.2 Å². The number of halogens is 2. The lowest BCUT2D eigenvalue weighted by Gasteiger charge is -2.55. The molecule has 0 aromatic carbocycles. The highest BCUT2D eigenvalue weighted by Crippen LogP contribution is 2.56. The molecule has 4 atom stereocenters. The van der Waals surface area contributed by atoms with Crippen LogP contribution in [0.25, 0.3) is 0 Å². The number of nitrogens with zero attached hydrogens (tertiary/aromatic N) is 6. The third-order valence-electron chi connectivity index (χ3n) is 11.4. The van der Waals surface area contributed by atoms with Gasteiger partial charge in [-0.2, -0.15) is 0 Å². The summed E-state index contributed by atoms with van der Waals surface area (Å²) in [5.41, 5.74) is 3.99. The second kappa shape index (κ2) is 10.7. The van der Waals surface area contributed by atoms with Crippen molar-refractivity contribution in [3.8, 4) is 0 Å². The molecule has 0 radical (unpaired) electrons. The zero-order valence-corrected chi connectivity index (χ0v) is 26.2. The summed E-state index contributed by atoms with van der Waals surface area (Å²) in [4.78, 5) is 30.4. The van der Waals surface area contributed by atoms with Crippen LogP contribution < -0.4 is 9.80 Å². The van der Waals surface area contributed by atoms with Crippen LogP contribution in [0.15, 0.2) is 31.0 Å². The van der Waals surface area contributed by atoms with Crippen LogP contribution in [0.2, 0.25) is 0 Å². The number of pyridine rings is 2. The van der Waals surface area contributed by atoms with Crippen molar-refractivity contribution in [2.45, 2.75) is 81.7 Å². The van der Waals surface area contributed by atoms with Gasteiger partial charge in [0.1, 0.15) is 17.1 Å². The number of carbonyl (C=O) groups is 1. The molecule has 4 saturated heterocycles. The molecule has 45 heavy (non-hydrogen) atoms. The molecule has 1 amide bonds. The van der Waals surface area contributed by atoms with E-state index in [-0.39, 0.29) is 23.7 Å². The van der Waals surface area contributed by atoms with E-state index in [4.69, 9.17) is 14.5 Å². The van der Waals surface area contributed by atoms with Gasteiger partial charge in [0.05, 0.1) is 18.9 Å². The zero-order chi connectivity index (χ0) is 31.1. The molecule has 240 valence electrons. The van der Waals surface area contributed by atoms with Crippen molar-refractivity contribution in [3.63, 3.8) is 0 Å². The Hall–Kier alpha value is -3.15. The number of fused-ring (bicyclic) bond motifs is 6. The smallest absolute Gasteiger partial charge is 0.280 e. The van der Waals surface area contributed by atoms with E-state index in [2.05, 4.69) is 52.2 Å². The summed E-state index contributed by atoms with van der Waals surface area (Å²) in [5.74, 6) is 0.618. The third kappa shape index (κ3) is 4.44. The molecule has 9 nitrogen and oxygen atoms in total. The van der Waals surface area contributed by atoms with Gasteiger partial charge >= 0.3 is 0 Å². The van der Waals surface area contributed by atoms with E-state index in [0.29, 0.717) is 56.7 Å². The molecule has 6 aliphatic rings. The van der Waals surface area contributed by atoms with Gasteiger partial charge < -0.3 is 24.2 Å². The summed E-state index contributed by atoms with van der Waals surface area (Å²) in [6.45, 7) is 13.4. The predicted octanol–water partition coefficient (Wildman–Crippen LogP) is 4.09. The Bertz CT molecular complexity index is 1530. The topological polar surface area (TPSA) is 74.3 Å². The van der Waals surface area contributed by atoms with Crippen molar-refractivity contribution in [1.82, 2.24) is 19.8 Å². The van der Waals surface area contributed by atoms with E-state index >= 15 is 0 Å². The fourth-order valence-electron chi connectivity index (χ4n) is 9.11. The van der Waals surface area contributed by atoms with Crippen LogP contribution in [0, 0.1) is 6.92 Å². The van der Waals surface area contributed by atoms with E-state index in [9.17, 15) is 13.6 Å². The highest BCUT2D eigenvalue weighted by Gasteiger charge is 2.60. The molecule has 2 aromatic rings. The van der Waals surface area contributed by atoms with Crippen LogP contribution in [0.4, 0.5) is 20.3 Å². The summed E-state index contributed by atoms with van der Waals surface area (Å²) in [6, 6.07) is 4.80. The Morgan fingerprint density at radius 3 is 2.62 bits per heavy atom. The van der Waals surface area contributed by atoms with Gasteiger partial charge in [0, 0.05) is 92.9 Å². The average Bonchev–Trinajstić information content (AvgIpc) is 3.22. The minimum absolute atomic E-state index is 0.0160. The van der Waals surface area contributed by atoms with Crippen molar-refractivity contribution in [3.05, 3.63) is 59.1 Å². The van der Waals surface area contributed by atoms with Crippen LogP contribution in [0.3, 0.4) is 0 Å². The fraction of sp³-hybridized carbons (Fsp3) is 0.618. The molecule has 0 bridgehead atoms. The molecule has 6 aliphatic heterocycles. The number of piperazine rings is 1. The van der Waals surface area contributed by atoms with E-state index in [0.717, 1.165) is 56.7 Å². The lowest BCUT2D eigenvalue weighted by Crippen LogP contribution is -2.69. The predicted molar refractivity (Wildman–Crippen MR) is 166 cm³/mol. The highest BCUT2D eigenvalue weighted by molar-refractivity contribution is 5.87. The minimum atomic E-state index is -2.63. The van der Waals surface area contributed by atoms with Crippen LogP contribution in [0.1, 0.15) is 67.1 Å². The molecule has 2 aromatic heterocycles. The van der Waals surface area contributed by atoms with Crippen molar-refractivity contribution in [2.24, 2.45) is 0 Å². The Kier molecular flexibility index (Phi) is 6.96. The molecule has 4 fully saturated rings. The summed E-state index contributed by atoms with van der Waals surface area (Å²) >= 11 is 0. The minimum Gasteiger partial charge on any atom is -0.374 e. The third-order valence-corrected chi connectivity index (χ3v) is 11.4. The number of anilines is 2. The van der Waals surface area contributed by atoms with Gasteiger partial charge in [0.25, 0.3) is 6.43 Å². The number of rotatable bonds is 4. The van der Waals surface area contributed by atoms with Crippen LogP contribution in [0.5, 0.6) is 0 Å². The number of amides is 1. The summed E-state index contributed by atoms with van der Waals surface area (Å²) in [7, 11) is 0. The maximum atomic E-state index is 14.7. The lowest BCUT2D eigenvalue weighted by atomic mass is 9.79.